The van der Waals surface area contributed by atoms with Gasteiger partial charge in [-0.1, -0.05) is 127 Å². The Morgan fingerprint density at radius 2 is 1.17 bits per heavy atom. The summed E-state index contributed by atoms with van der Waals surface area (Å²) in [4.78, 5) is 2.50. The minimum atomic E-state index is -2.67. The van der Waals surface area contributed by atoms with Crippen molar-refractivity contribution in [3.8, 4) is 0 Å². The summed E-state index contributed by atoms with van der Waals surface area (Å²) in [5.41, 5.74) is 1.79. The second-order valence-electron chi connectivity index (χ2n) is 9.71. The van der Waals surface area contributed by atoms with Crippen LogP contribution in [-0.4, -0.2) is 25.8 Å². The lowest BCUT2D eigenvalue weighted by Crippen LogP contribution is -2.65. The third-order valence-corrected chi connectivity index (χ3v) is 11.1. The summed E-state index contributed by atoms with van der Waals surface area (Å²) in [6.45, 7) is 5.51. The number of likely N-dealkylation sites (tertiary alicyclic amines) is 1. The minimum absolute atomic E-state index is 0.178. The van der Waals surface area contributed by atoms with E-state index in [-0.39, 0.29) is 6.04 Å². The van der Waals surface area contributed by atoms with Crippen molar-refractivity contribution >= 4 is 18.7 Å². The van der Waals surface area contributed by atoms with Crippen molar-refractivity contribution in [3.05, 3.63) is 145 Å². The average molecular weight is 490 g/mol. The smallest absolute Gasteiger partial charge is 0.254 e. The van der Waals surface area contributed by atoms with Crippen molar-refractivity contribution < 1.29 is 4.43 Å². The Labute approximate surface area is 217 Å². The minimum Gasteiger partial charge on any atom is -0.393 e. The SMILES string of the molecule is C/C=C/N1CCC[C@H]1C(O[Si](C)(c1ccccc1)c1ccccc1)(c1ccccc1)c1ccccc1. The Balaban J connectivity index is 1.80. The molecule has 0 saturated carbocycles. The van der Waals surface area contributed by atoms with Crippen molar-refractivity contribution in [1.29, 1.82) is 0 Å². The van der Waals surface area contributed by atoms with Crippen LogP contribution in [-0.2, 0) is 10.0 Å². The molecule has 1 atom stereocenters. The van der Waals surface area contributed by atoms with E-state index in [9.17, 15) is 0 Å². The normalized spacial score (nSPS) is 16.5. The van der Waals surface area contributed by atoms with Crippen molar-refractivity contribution in [2.45, 2.75) is 38.0 Å². The third-order valence-electron chi connectivity index (χ3n) is 7.52. The van der Waals surface area contributed by atoms with Crippen molar-refractivity contribution in [1.82, 2.24) is 4.90 Å². The molecule has 0 amide bonds. The predicted octanol–water partition coefficient (Wildman–Crippen LogP) is 6.33. The third kappa shape index (κ3) is 4.45. The second kappa shape index (κ2) is 10.7. The van der Waals surface area contributed by atoms with Crippen LogP contribution in [0.1, 0.15) is 30.9 Å². The molecule has 36 heavy (non-hydrogen) atoms. The zero-order valence-electron chi connectivity index (χ0n) is 21.3. The summed E-state index contributed by atoms with van der Waals surface area (Å²) >= 11 is 0. The van der Waals surface area contributed by atoms with E-state index in [0.29, 0.717) is 0 Å². The molecule has 1 saturated heterocycles. The molecule has 1 aliphatic heterocycles. The first kappa shape index (κ1) is 24.3. The predicted molar refractivity (Wildman–Crippen MR) is 153 cm³/mol. The highest BCUT2D eigenvalue weighted by atomic mass is 28.4. The lowest BCUT2D eigenvalue weighted by atomic mass is 9.79. The maximum absolute atomic E-state index is 7.89. The fourth-order valence-corrected chi connectivity index (χ4v) is 9.07. The van der Waals surface area contributed by atoms with Crippen LogP contribution in [0.25, 0.3) is 0 Å². The van der Waals surface area contributed by atoms with Crippen LogP contribution < -0.4 is 10.4 Å². The Kier molecular flexibility index (Phi) is 7.22. The molecular formula is C33H35NOSi. The molecule has 5 rings (SSSR count). The van der Waals surface area contributed by atoms with E-state index in [2.05, 4.69) is 152 Å². The van der Waals surface area contributed by atoms with Crippen LogP contribution in [0.15, 0.2) is 134 Å². The van der Waals surface area contributed by atoms with Crippen molar-refractivity contribution in [2.75, 3.05) is 6.54 Å². The zero-order chi connectivity index (χ0) is 24.8. The molecule has 0 N–H and O–H groups in total. The number of hydrogen-bond acceptors (Lipinski definition) is 2. The van der Waals surface area contributed by atoms with Crippen molar-refractivity contribution in [3.63, 3.8) is 0 Å². The molecule has 0 unspecified atom stereocenters. The first-order valence-corrected chi connectivity index (χ1v) is 15.4. The monoisotopic (exact) mass is 489 g/mol. The number of rotatable bonds is 8. The molecule has 0 spiro atoms. The van der Waals surface area contributed by atoms with Crippen LogP contribution in [0.4, 0.5) is 0 Å². The van der Waals surface area contributed by atoms with E-state index >= 15 is 0 Å². The van der Waals surface area contributed by atoms with E-state index in [0.717, 1.165) is 19.4 Å². The average Bonchev–Trinajstić information content (AvgIpc) is 3.42. The summed E-state index contributed by atoms with van der Waals surface area (Å²) in [5, 5.41) is 2.56. The maximum Gasteiger partial charge on any atom is 0.254 e. The van der Waals surface area contributed by atoms with Gasteiger partial charge < -0.3 is 9.33 Å². The largest absolute Gasteiger partial charge is 0.393 e. The summed E-state index contributed by atoms with van der Waals surface area (Å²) in [6.07, 6.45) is 6.63. The van der Waals surface area contributed by atoms with Crippen molar-refractivity contribution in [2.24, 2.45) is 0 Å². The highest BCUT2D eigenvalue weighted by Crippen LogP contribution is 2.45. The first-order valence-electron chi connectivity index (χ1n) is 13.0. The molecule has 0 radical (unpaired) electrons. The van der Waals surface area contributed by atoms with Gasteiger partial charge in [0.15, 0.2) is 0 Å². The molecule has 4 aromatic carbocycles. The first-order chi connectivity index (χ1) is 17.7. The molecular weight excluding hydrogens is 454 g/mol. The molecule has 4 aromatic rings. The highest BCUT2D eigenvalue weighted by Gasteiger charge is 2.52. The quantitative estimate of drug-likeness (QED) is 0.268. The van der Waals surface area contributed by atoms with Gasteiger partial charge in [0.2, 0.25) is 0 Å². The molecule has 1 heterocycles. The number of nitrogens with zero attached hydrogens (tertiary/aromatic N) is 1. The van der Waals surface area contributed by atoms with E-state index in [1.165, 1.54) is 21.5 Å². The molecule has 0 aromatic heterocycles. The molecule has 3 heteroatoms. The van der Waals surface area contributed by atoms with Gasteiger partial charge in [-0.15, -0.1) is 0 Å². The lowest BCUT2D eigenvalue weighted by Gasteiger charge is -2.48. The summed E-state index contributed by atoms with van der Waals surface area (Å²) < 4.78 is 7.89. The molecule has 2 nitrogen and oxygen atoms in total. The van der Waals surface area contributed by atoms with Gasteiger partial charge in [-0.25, -0.2) is 0 Å². The maximum atomic E-state index is 7.89. The summed E-state index contributed by atoms with van der Waals surface area (Å²) in [6, 6.07) is 43.7. The van der Waals surface area contributed by atoms with Gasteiger partial charge in [-0.2, -0.15) is 0 Å². The Bertz CT molecular complexity index is 1180. The van der Waals surface area contributed by atoms with E-state index in [1.54, 1.807) is 0 Å². The summed E-state index contributed by atoms with van der Waals surface area (Å²) in [7, 11) is -2.67. The fourth-order valence-electron chi connectivity index (χ4n) is 5.82. The molecule has 1 aliphatic rings. The van der Waals surface area contributed by atoms with Gasteiger partial charge in [0, 0.05) is 6.54 Å². The van der Waals surface area contributed by atoms with Gasteiger partial charge in [0.25, 0.3) is 8.32 Å². The molecule has 182 valence electrons. The Morgan fingerprint density at radius 1 is 0.722 bits per heavy atom. The summed E-state index contributed by atoms with van der Waals surface area (Å²) in [5.74, 6) is 0. The topological polar surface area (TPSA) is 12.5 Å². The van der Waals surface area contributed by atoms with Gasteiger partial charge >= 0.3 is 0 Å². The zero-order valence-corrected chi connectivity index (χ0v) is 22.3. The van der Waals surface area contributed by atoms with E-state index in [1.807, 2.05) is 0 Å². The number of hydrogen-bond donors (Lipinski definition) is 0. The van der Waals surface area contributed by atoms with E-state index in [4.69, 9.17) is 4.43 Å². The van der Waals surface area contributed by atoms with Crippen LogP contribution in [0.3, 0.4) is 0 Å². The van der Waals surface area contributed by atoms with Crippen LogP contribution in [0.2, 0.25) is 6.55 Å². The fraction of sp³-hybridized carbons (Fsp3) is 0.212. The standard InChI is InChI=1S/C33H35NOSi/c1-3-26-34-27-16-25-32(34)33(28-17-8-4-9-18-28,29-19-10-5-11-20-29)35-36(2,30-21-12-6-13-22-30)31-23-14-7-15-24-31/h3-15,17-24,26,32H,16,25,27H2,1-2H3/b26-3+/t32-/m0/s1. The van der Waals surface area contributed by atoms with Gasteiger partial charge in [-0.3, -0.25) is 0 Å². The van der Waals surface area contributed by atoms with Crippen LogP contribution in [0.5, 0.6) is 0 Å². The van der Waals surface area contributed by atoms with Crippen LogP contribution in [0, 0.1) is 0 Å². The lowest BCUT2D eigenvalue weighted by molar-refractivity contribution is 0.0316. The van der Waals surface area contributed by atoms with Crippen LogP contribution >= 0.6 is 0 Å². The van der Waals surface area contributed by atoms with Gasteiger partial charge in [0.1, 0.15) is 5.60 Å². The van der Waals surface area contributed by atoms with Gasteiger partial charge in [-0.05, 0) is 54.0 Å². The molecule has 0 bridgehead atoms. The highest BCUT2D eigenvalue weighted by molar-refractivity contribution is 6.96. The van der Waals surface area contributed by atoms with Gasteiger partial charge in [0.05, 0.1) is 6.04 Å². The molecule has 1 fully saturated rings. The van der Waals surface area contributed by atoms with E-state index < -0.39 is 13.9 Å². The number of allylic oxidation sites excluding steroid dienone is 1. The molecule has 0 aliphatic carbocycles. The number of benzene rings is 4. The Hall–Kier alpha value is -3.40. The second-order valence-corrected chi connectivity index (χ2v) is 13.1. The Morgan fingerprint density at radius 3 is 1.61 bits per heavy atom.